The van der Waals surface area contributed by atoms with Gasteiger partial charge in [0.15, 0.2) is 6.10 Å². The van der Waals surface area contributed by atoms with E-state index in [-0.39, 0.29) is 31.1 Å². The summed E-state index contributed by atoms with van der Waals surface area (Å²) < 4.78 is 16.6. The van der Waals surface area contributed by atoms with Crippen LogP contribution in [0.25, 0.3) is 0 Å². The highest BCUT2D eigenvalue weighted by Crippen LogP contribution is 2.14. The molecule has 0 amide bonds. The molecular formula is C47H86O6. The Morgan fingerprint density at radius 1 is 0.358 bits per heavy atom. The molecule has 0 N–H and O–H groups in total. The monoisotopic (exact) mass is 747 g/mol. The molecule has 0 saturated carbocycles. The first-order valence-electron chi connectivity index (χ1n) is 22.8. The van der Waals surface area contributed by atoms with Gasteiger partial charge in [0, 0.05) is 19.3 Å². The third kappa shape index (κ3) is 40.9. The molecule has 1 atom stereocenters. The first-order chi connectivity index (χ1) is 26.0. The molecule has 0 aliphatic heterocycles. The summed E-state index contributed by atoms with van der Waals surface area (Å²) in [7, 11) is 0. The minimum Gasteiger partial charge on any atom is -0.462 e. The van der Waals surface area contributed by atoms with Crippen molar-refractivity contribution in [1.82, 2.24) is 0 Å². The molecule has 1 unspecified atom stereocenters. The maximum atomic E-state index is 12.7. The molecule has 0 aromatic carbocycles. The van der Waals surface area contributed by atoms with Crippen LogP contribution in [-0.4, -0.2) is 37.2 Å². The highest BCUT2D eigenvalue weighted by atomic mass is 16.6. The van der Waals surface area contributed by atoms with E-state index in [0.717, 1.165) is 77.0 Å². The Kier molecular flexibility index (Phi) is 40.9. The summed E-state index contributed by atoms with van der Waals surface area (Å²) in [5.41, 5.74) is 0. The number of ether oxygens (including phenoxy) is 3. The van der Waals surface area contributed by atoms with Crippen molar-refractivity contribution in [2.45, 2.75) is 245 Å². The van der Waals surface area contributed by atoms with E-state index >= 15 is 0 Å². The lowest BCUT2D eigenvalue weighted by Crippen LogP contribution is -2.30. The zero-order chi connectivity index (χ0) is 38.7. The van der Waals surface area contributed by atoms with Crippen LogP contribution in [0.2, 0.25) is 0 Å². The second-order valence-electron chi connectivity index (χ2n) is 15.3. The van der Waals surface area contributed by atoms with Crippen molar-refractivity contribution in [3.05, 3.63) is 24.3 Å². The topological polar surface area (TPSA) is 78.9 Å². The molecule has 53 heavy (non-hydrogen) atoms. The van der Waals surface area contributed by atoms with E-state index in [1.807, 2.05) is 0 Å². The predicted molar refractivity (Wildman–Crippen MR) is 224 cm³/mol. The molecule has 0 aromatic rings. The van der Waals surface area contributed by atoms with Gasteiger partial charge in [0.1, 0.15) is 13.2 Å². The van der Waals surface area contributed by atoms with Crippen molar-refractivity contribution in [2.75, 3.05) is 13.2 Å². The van der Waals surface area contributed by atoms with Crippen molar-refractivity contribution in [1.29, 1.82) is 0 Å². The van der Waals surface area contributed by atoms with Gasteiger partial charge < -0.3 is 14.2 Å². The molecule has 0 spiro atoms. The number of esters is 3. The zero-order valence-electron chi connectivity index (χ0n) is 35.3. The van der Waals surface area contributed by atoms with Crippen molar-refractivity contribution in [3.8, 4) is 0 Å². The summed E-state index contributed by atoms with van der Waals surface area (Å²) in [4.78, 5) is 37.6. The van der Waals surface area contributed by atoms with Gasteiger partial charge in [-0.1, -0.05) is 180 Å². The van der Waals surface area contributed by atoms with Crippen LogP contribution in [0.1, 0.15) is 239 Å². The second kappa shape index (κ2) is 42.6. The van der Waals surface area contributed by atoms with Crippen molar-refractivity contribution >= 4 is 17.9 Å². The van der Waals surface area contributed by atoms with E-state index in [2.05, 4.69) is 45.1 Å². The maximum absolute atomic E-state index is 12.7. The van der Waals surface area contributed by atoms with Crippen LogP contribution in [-0.2, 0) is 28.6 Å². The second-order valence-corrected chi connectivity index (χ2v) is 15.3. The van der Waals surface area contributed by atoms with Gasteiger partial charge in [-0.3, -0.25) is 14.4 Å². The summed E-state index contributed by atoms with van der Waals surface area (Å²) in [6, 6.07) is 0. The first kappa shape index (κ1) is 50.9. The first-order valence-corrected chi connectivity index (χ1v) is 22.8. The van der Waals surface area contributed by atoms with Crippen LogP contribution in [0.5, 0.6) is 0 Å². The number of carbonyl (C=O) groups excluding carboxylic acids is 3. The SMILES string of the molecule is CCCC/C=C\CCCCCCCC(=O)OC(COC(=O)CCCCCCC/C=C\CCCCCCCCC)COC(=O)CCCCCCCCCC. The molecule has 0 radical (unpaired) electrons. The molecule has 6 nitrogen and oxygen atoms in total. The zero-order valence-corrected chi connectivity index (χ0v) is 35.3. The molecular weight excluding hydrogens is 661 g/mol. The van der Waals surface area contributed by atoms with Gasteiger partial charge in [-0.15, -0.1) is 0 Å². The molecule has 0 rings (SSSR count). The van der Waals surface area contributed by atoms with Crippen LogP contribution < -0.4 is 0 Å². The van der Waals surface area contributed by atoms with Gasteiger partial charge in [-0.05, 0) is 64.2 Å². The fraction of sp³-hybridized carbons (Fsp3) is 0.851. The van der Waals surface area contributed by atoms with E-state index in [1.54, 1.807) is 0 Å². The highest BCUT2D eigenvalue weighted by molar-refractivity contribution is 5.71. The molecule has 6 heteroatoms. The number of carbonyl (C=O) groups is 3. The summed E-state index contributed by atoms with van der Waals surface area (Å²) in [6.07, 6.45) is 45.9. The Labute approximate surface area is 328 Å². The molecule has 0 aliphatic rings. The van der Waals surface area contributed by atoms with Gasteiger partial charge in [-0.2, -0.15) is 0 Å². The third-order valence-corrected chi connectivity index (χ3v) is 9.93. The van der Waals surface area contributed by atoms with Gasteiger partial charge in [0.2, 0.25) is 0 Å². The Morgan fingerprint density at radius 2 is 0.642 bits per heavy atom. The van der Waals surface area contributed by atoms with Crippen LogP contribution in [0.3, 0.4) is 0 Å². The normalized spacial score (nSPS) is 12.1. The molecule has 0 aromatic heterocycles. The molecule has 0 fully saturated rings. The molecule has 0 saturated heterocycles. The van der Waals surface area contributed by atoms with E-state index in [1.165, 1.54) is 122 Å². The third-order valence-electron chi connectivity index (χ3n) is 9.93. The van der Waals surface area contributed by atoms with Gasteiger partial charge >= 0.3 is 17.9 Å². The maximum Gasteiger partial charge on any atom is 0.306 e. The average Bonchev–Trinajstić information content (AvgIpc) is 3.15. The Bertz CT molecular complexity index is 865. The van der Waals surface area contributed by atoms with Gasteiger partial charge in [-0.25, -0.2) is 0 Å². The van der Waals surface area contributed by atoms with Crippen LogP contribution in [0.4, 0.5) is 0 Å². The summed E-state index contributed by atoms with van der Waals surface area (Å²) in [6.45, 7) is 6.55. The van der Waals surface area contributed by atoms with E-state index in [9.17, 15) is 14.4 Å². The average molecular weight is 747 g/mol. The number of allylic oxidation sites excluding steroid dienone is 4. The number of hydrogen-bond acceptors (Lipinski definition) is 6. The molecule has 310 valence electrons. The highest BCUT2D eigenvalue weighted by Gasteiger charge is 2.19. The van der Waals surface area contributed by atoms with Crippen LogP contribution in [0.15, 0.2) is 24.3 Å². The van der Waals surface area contributed by atoms with Crippen LogP contribution >= 0.6 is 0 Å². The minimum atomic E-state index is -0.771. The number of rotatable bonds is 41. The molecule has 0 heterocycles. The lowest BCUT2D eigenvalue weighted by molar-refractivity contribution is -0.167. The summed E-state index contributed by atoms with van der Waals surface area (Å²) >= 11 is 0. The van der Waals surface area contributed by atoms with Gasteiger partial charge in [0.25, 0.3) is 0 Å². The van der Waals surface area contributed by atoms with Gasteiger partial charge in [0.05, 0.1) is 0 Å². The number of unbranched alkanes of at least 4 members (excludes halogenated alkanes) is 26. The molecule has 0 bridgehead atoms. The standard InChI is InChI=1S/C47H86O6/c1-4-7-10-13-16-19-21-22-23-24-25-27-28-31-34-37-40-46(49)52-43-44(42-51-45(48)39-36-33-30-18-15-12-9-6-3)53-47(50)41-38-35-32-29-26-20-17-14-11-8-5-2/h14,17,23-24,44H,4-13,15-16,18-22,25-43H2,1-3H3/b17-14-,24-23-. The Hall–Kier alpha value is -2.11. The summed E-state index contributed by atoms with van der Waals surface area (Å²) in [5, 5.41) is 0. The molecule has 0 aliphatic carbocycles. The Morgan fingerprint density at radius 3 is 1.00 bits per heavy atom. The van der Waals surface area contributed by atoms with E-state index < -0.39 is 6.10 Å². The Balaban J connectivity index is 4.31. The smallest absolute Gasteiger partial charge is 0.306 e. The van der Waals surface area contributed by atoms with Crippen molar-refractivity contribution in [2.24, 2.45) is 0 Å². The fourth-order valence-electron chi connectivity index (χ4n) is 6.42. The lowest BCUT2D eigenvalue weighted by Gasteiger charge is -2.18. The summed E-state index contributed by atoms with van der Waals surface area (Å²) in [5.74, 6) is -0.895. The predicted octanol–water partition coefficient (Wildman–Crippen LogP) is 14.4. The fourth-order valence-corrected chi connectivity index (χ4v) is 6.42. The minimum absolute atomic E-state index is 0.0753. The van der Waals surface area contributed by atoms with Crippen LogP contribution in [0, 0.1) is 0 Å². The van der Waals surface area contributed by atoms with Crippen molar-refractivity contribution < 1.29 is 28.6 Å². The number of hydrogen-bond donors (Lipinski definition) is 0. The van der Waals surface area contributed by atoms with Crippen molar-refractivity contribution in [3.63, 3.8) is 0 Å². The van der Waals surface area contributed by atoms with E-state index in [0.29, 0.717) is 19.3 Å². The van der Waals surface area contributed by atoms with E-state index in [4.69, 9.17) is 14.2 Å². The largest absolute Gasteiger partial charge is 0.462 e. The lowest BCUT2D eigenvalue weighted by atomic mass is 10.1. The quantitative estimate of drug-likeness (QED) is 0.0268.